The number of aromatic amines is 1. The van der Waals surface area contributed by atoms with Crippen LogP contribution in [0.1, 0.15) is 29.9 Å². The number of hydrogen-bond donors (Lipinski definition) is 5. The SMILES string of the molecule is CC(=O)Nc1ccc2cc(C(=O)Nc3ccc(/C(C)=N\N=C(N)N)cc3)[nH]c2c1. The number of amides is 2. The molecule has 0 aliphatic heterocycles. The second kappa shape index (κ2) is 8.26. The van der Waals surface area contributed by atoms with Gasteiger partial charge in [-0.15, -0.1) is 5.10 Å². The molecule has 0 saturated carbocycles. The quantitative estimate of drug-likeness (QED) is 0.258. The maximum absolute atomic E-state index is 12.6. The first kappa shape index (κ1) is 19.6. The van der Waals surface area contributed by atoms with E-state index in [1.54, 1.807) is 37.3 Å². The molecule has 9 heteroatoms. The molecule has 2 aromatic carbocycles. The van der Waals surface area contributed by atoms with E-state index < -0.39 is 0 Å². The fraction of sp³-hybridized carbons (Fsp3) is 0.100. The Morgan fingerprint density at radius 1 is 0.897 bits per heavy atom. The Morgan fingerprint density at radius 2 is 1.59 bits per heavy atom. The van der Waals surface area contributed by atoms with Crippen LogP contribution in [-0.2, 0) is 4.79 Å². The van der Waals surface area contributed by atoms with Crippen LogP contribution in [0.2, 0.25) is 0 Å². The van der Waals surface area contributed by atoms with E-state index in [2.05, 4.69) is 25.8 Å². The molecule has 0 fully saturated rings. The van der Waals surface area contributed by atoms with Gasteiger partial charge in [0.25, 0.3) is 5.91 Å². The lowest BCUT2D eigenvalue weighted by molar-refractivity contribution is -0.114. The van der Waals surface area contributed by atoms with Crippen molar-refractivity contribution >= 4 is 45.8 Å². The molecule has 0 saturated heterocycles. The molecule has 9 nitrogen and oxygen atoms in total. The van der Waals surface area contributed by atoms with Crippen molar-refractivity contribution in [1.29, 1.82) is 0 Å². The third-order valence-electron chi connectivity index (χ3n) is 4.06. The molecule has 0 atom stereocenters. The summed E-state index contributed by atoms with van der Waals surface area (Å²) in [6, 6.07) is 14.3. The molecule has 1 heterocycles. The molecule has 7 N–H and O–H groups in total. The molecular formula is C20H21N7O2. The number of guanidine groups is 1. The summed E-state index contributed by atoms with van der Waals surface area (Å²) in [6.07, 6.45) is 0. The Labute approximate surface area is 166 Å². The van der Waals surface area contributed by atoms with Crippen LogP contribution < -0.4 is 22.1 Å². The van der Waals surface area contributed by atoms with Crippen molar-refractivity contribution in [3.63, 3.8) is 0 Å². The van der Waals surface area contributed by atoms with E-state index in [0.29, 0.717) is 22.8 Å². The van der Waals surface area contributed by atoms with E-state index in [1.165, 1.54) is 6.92 Å². The summed E-state index contributed by atoms with van der Waals surface area (Å²) in [5.41, 5.74) is 14.4. The number of benzene rings is 2. The van der Waals surface area contributed by atoms with E-state index in [9.17, 15) is 9.59 Å². The number of nitrogens with one attached hydrogen (secondary N) is 3. The van der Waals surface area contributed by atoms with Crippen LogP contribution in [0.4, 0.5) is 11.4 Å². The molecule has 3 aromatic rings. The molecule has 0 radical (unpaired) electrons. The van der Waals surface area contributed by atoms with Crippen molar-refractivity contribution in [3.8, 4) is 0 Å². The van der Waals surface area contributed by atoms with Gasteiger partial charge in [-0.1, -0.05) is 18.2 Å². The van der Waals surface area contributed by atoms with E-state index in [4.69, 9.17) is 11.5 Å². The van der Waals surface area contributed by atoms with E-state index in [-0.39, 0.29) is 17.8 Å². The summed E-state index contributed by atoms with van der Waals surface area (Å²) in [6.45, 7) is 3.22. The number of hydrogen-bond acceptors (Lipinski definition) is 4. The van der Waals surface area contributed by atoms with Crippen molar-refractivity contribution in [3.05, 3.63) is 59.8 Å². The molecule has 29 heavy (non-hydrogen) atoms. The highest BCUT2D eigenvalue weighted by molar-refractivity contribution is 6.06. The molecule has 0 spiro atoms. The first-order valence-electron chi connectivity index (χ1n) is 8.77. The van der Waals surface area contributed by atoms with Gasteiger partial charge in [0.1, 0.15) is 5.69 Å². The van der Waals surface area contributed by atoms with Gasteiger partial charge in [0, 0.05) is 29.2 Å². The first-order valence-corrected chi connectivity index (χ1v) is 8.77. The van der Waals surface area contributed by atoms with Crippen molar-refractivity contribution in [2.24, 2.45) is 21.7 Å². The summed E-state index contributed by atoms with van der Waals surface area (Å²) < 4.78 is 0. The highest BCUT2D eigenvalue weighted by atomic mass is 16.2. The lowest BCUT2D eigenvalue weighted by atomic mass is 10.1. The zero-order valence-corrected chi connectivity index (χ0v) is 16.0. The summed E-state index contributed by atoms with van der Waals surface area (Å²) in [4.78, 5) is 26.8. The molecule has 0 aliphatic rings. The normalized spacial score (nSPS) is 11.2. The average molecular weight is 391 g/mol. The Balaban J connectivity index is 1.73. The number of rotatable bonds is 5. The molecule has 3 rings (SSSR count). The van der Waals surface area contributed by atoms with E-state index in [1.807, 2.05) is 18.2 Å². The molecule has 0 bridgehead atoms. The Morgan fingerprint density at radius 3 is 2.24 bits per heavy atom. The summed E-state index contributed by atoms with van der Waals surface area (Å²) in [7, 11) is 0. The van der Waals surface area contributed by atoms with E-state index >= 15 is 0 Å². The second-order valence-electron chi connectivity index (χ2n) is 6.41. The van der Waals surface area contributed by atoms with Crippen LogP contribution >= 0.6 is 0 Å². The monoisotopic (exact) mass is 391 g/mol. The number of aromatic nitrogens is 1. The van der Waals surface area contributed by atoms with Gasteiger partial charge in [-0.3, -0.25) is 9.59 Å². The number of anilines is 2. The molecule has 2 amide bonds. The maximum Gasteiger partial charge on any atom is 0.272 e. The van der Waals surface area contributed by atoms with Crippen LogP contribution in [0.3, 0.4) is 0 Å². The number of fused-ring (bicyclic) bond motifs is 1. The molecule has 0 aliphatic carbocycles. The minimum atomic E-state index is -0.277. The van der Waals surface area contributed by atoms with Gasteiger partial charge >= 0.3 is 0 Å². The summed E-state index contributed by atoms with van der Waals surface area (Å²) in [5, 5.41) is 14.0. The standard InChI is InChI=1S/C20H21N7O2/c1-11(26-27-20(21)22)13-3-6-15(7-4-13)24-19(29)18-9-14-5-8-16(23-12(2)28)10-17(14)25-18/h3-10,25H,1-2H3,(H,23,28)(H,24,29)(H4,21,22,27)/b26-11-. The Bertz CT molecular complexity index is 1120. The molecular weight excluding hydrogens is 370 g/mol. The Kier molecular flexibility index (Phi) is 5.59. The Hall–Kier alpha value is -4.14. The van der Waals surface area contributed by atoms with Gasteiger partial charge in [0.15, 0.2) is 0 Å². The first-order chi connectivity index (χ1) is 13.8. The highest BCUT2D eigenvalue weighted by Crippen LogP contribution is 2.21. The van der Waals surface area contributed by atoms with Crippen LogP contribution in [0.25, 0.3) is 10.9 Å². The number of H-pyrrole nitrogens is 1. The van der Waals surface area contributed by atoms with Crippen molar-refractivity contribution in [2.45, 2.75) is 13.8 Å². The fourth-order valence-electron chi connectivity index (χ4n) is 2.71. The topological polar surface area (TPSA) is 151 Å². The fourth-order valence-corrected chi connectivity index (χ4v) is 2.71. The summed E-state index contributed by atoms with van der Waals surface area (Å²) in [5.74, 6) is -0.549. The van der Waals surface area contributed by atoms with Gasteiger partial charge in [-0.2, -0.15) is 5.10 Å². The summed E-state index contributed by atoms with van der Waals surface area (Å²) >= 11 is 0. The molecule has 0 unspecified atom stereocenters. The van der Waals surface area contributed by atoms with Crippen molar-refractivity contribution < 1.29 is 9.59 Å². The van der Waals surface area contributed by atoms with Crippen LogP contribution in [0, 0.1) is 0 Å². The third-order valence-corrected chi connectivity index (χ3v) is 4.06. The number of carbonyl (C=O) groups excluding carboxylic acids is 2. The lowest BCUT2D eigenvalue weighted by Crippen LogP contribution is -2.22. The predicted octanol–water partition coefficient (Wildman–Crippen LogP) is 2.38. The largest absolute Gasteiger partial charge is 0.369 e. The van der Waals surface area contributed by atoms with Crippen molar-refractivity contribution in [2.75, 3.05) is 10.6 Å². The molecule has 1 aromatic heterocycles. The maximum atomic E-state index is 12.6. The third kappa shape index (κ3) is 4.98. The zero-order valence-electron chi connectivity index (χ0n) is 16.0. The van der Waals surface area contributed by atoms with Crippen molar-refractivity contribution in [1.82, 2.24) is 4.98 Å². The molecule has 148 valence electrons. The van der Waals surface area contributed by atoms with Gasteiger partial charge in [0.05, 0.1) is 5.71 Å². The number of nitrogens with zero attached hydrogens (tertiary/aromatic N) is 2. The second-order valence-corrected chi connectivity index (χ2v) is 6.41. The van der Waals surface area contributed by atoms with Gasteiger partial charge in [-0.25, -0.2) is 0 Å². The zero-order chi connectivity index (χ0) is 21.0. The van der Waals surface area contributed by atoms with Crippen LogP contribution in [-0.4, -0.2) is 28.5 Å². The van der Waals surface area contributed by atoms with E-state index in [0.717, 1.165) is 16.5 Å². The van der Waals surface area contributed by atoms with Gasteiger partial charge < -0.3 is 27.1 Å². The lowest BCUT2D eigenvalue weighted by Gasteiger charge is -2.05. The highest BCUT2D eigenvalue weighted by Gasteiger charge is 2.11. The van der Waals surface area contributed by atoms with Crippen LogP contribution in [0.5, 0.6) is 0 Å². The minimum Gasteiger partial charge on any atom is -0.369 e. The minimum absolute atomic E-state index is 0.115. The average Bonchev–Trinajstić information content (AvgIpc) is 3.09. The van der Waals surface area contributed by atoms with Gasteiger partial charge in [0.2, 0.25) is 11.9 Å². The van der Waals surface area contributed by atoms with Gasteiger partial charge in [-0.05, 0) is 42.8 Å². The smallest absolute Gasteiger partial charge is 0.272 e. The number of carbonyl (C=O) groups is 2. The van der Waals surface area contributed by atoms with Crippen LogP contribution in [0.15, 0.2) is 58.7 Å². The predicted molar refractivity (Wildman–Crippen MR) is 115 cm³/mol. The number of nitrogens with two attached hydrogens (primary N) is 2.